The number of hydrogen-bond acceptors (Lipinski definition) is 4. The first-order chi connectivity index (χ1) is 12.0. The monoisotopic (exact) mass is 344 g/mol. The highest BCUT2D eigenvalue weighted by molar-refractivity contribution is 5.81. The third kappa shape index (κ3) is 4.23. The first-order valence-electron chi connectivity index (χ1n) is 9.00. The molecule has 0 amide bonds. The van der Waals surface area contributed by atoms with E-state index in [1.807, 2.05) is 24.3 Å². The Bertz CT molecular complexity index is 662. The van der Waals surface area contributed by atoms with Gasteiger partial charge in [0.15, 0.2) is 0 Å². The van der Waals surface area contributed by atoms with Crippen molar-refractivity contribution in [2.45, 2.75) is 27.7 Å². The van der Waals surface area contributed by atoms with Gasteiger partial charge in [-0.3, -0.25) is 0 Å². The minimum absolute atomic E-state index is 0.209. The molecule has 0 fully saturated rings. The fraction of sp³-hybridized carbons (Fsp3) is 0.400. The van der Waals surface area contributed by atoms with Crippen LogP contribution in [0.3, 0.4) is 0 Å². The minimum Gasteiger partial charge on any atom is -0.372 e. The lowest BCUT2D eigenvalue weighted by atomic mass is 10.0. The SMILES string of the molecule is CCN(CC)c1ccc(-c2ccc(N(CC)CC)cc2N(N)F)cc1. The molecule has 2 N–H and O–H groups in total. The summed E-state index contributed by atoms with van der Waals surface area (Å²) >= 11 is 0. The molecule has 0 aromatic heterocycles. The maximum atomic E-state index is 13.9. The van der Waals surface area contributed by atoms with Crippen molar-refractivity contribution in [3.63, 3.8) is 0 Å². The molecular formula is C20H29FN4. The molecule has 0 saturated heterocycles. The lowest BCUT2D eigenvalue weighted by Gasteiger charge is -2.24. The van der Waals surface area contributed by atoms with Crippen LogP contribution in [0, 0.1) is 0 Å². The minimum atomic E-state index is 0.209. The summed E-state index contributed by atoms with van der Waals surface area (Å²) in [6, 6.07) is 14.0. The highest BCUT2D eigenvalue weighted by Gasteiger charge is 2.13. The van der Waals surface area contributed by atoms with Gasteiger partial charge in [-0.25, -0.2) is 5.84 Å². The zero-order chi connectivity index (χ0) is 18.4. The van der Waals surface area contributed by atoms with Crippen molar-refractivity contribution in [1.29, 1.82) is 0 Å². The molecule has 4 nitrogen and oxygen atoms in total. The van der Waals surface area contributed by atoms with Crippen molar-refractivity contribution in [2.75, 3.05) is 41.2 Å². The fourth-order valence-electron chi connectivity index (χ4n) is 3.17. The first-order valence-corrected chi connectivity index (χ1v) is 9.00. The summed E-state index contributed by atoms with van der Waals surface area (Å²) in [4.78, 5) is 4.44. The summed E-state index contributed by atoms with van der Waals surface area (Å²) in [6.45, 7) is 12.1. The van der Waals surface area contributed by atoms with Crippen LogP contribution < -0.4 is 20.9 Å². The quantitative estimate of drug-likeness (QED) is 0.431. The smallest absolute Gasteiger partial charge is 0.0971 e. The molecular weight excluding hydrogens is 315 g/mol. The van der Waals surface area contributed by atoms with Gasteiger partial charge in [0.25, 0.3) is 0 Å². The first kappa shape index (κ1) is 19.1. The van der Waals surface area contributed by atoms with Gasteiger partial charge < -0.3 is 9.80 Å². The predicted molar refractivity (Wildman–Crippen MR) is 107 cm³/mol. The molecule has 0 spiro atoms. The van der Waals surface area contributed by atoms with Crippen LogP contribution in [0.25, 0.3) is 11.1 Å². The van der Waals surface area contributed by atoms with Crippen LogP contribution in [0.1, 0.15) is 27.7 Å². The molecule has 0 bridgehead atoms. The Morgan fingerprint density at radius 1 is 0.760 bits per heavy atom. The Morgan fingerprint density at radius 3 is 1.72 bits per heavy atom. The number of nitrogens with two attached hydrogens (primary N) is 1. The Labute approximate surface area is 150 Å². The third-order valence-electron chi connectivity index (χ3n) is 4.65. The molecule has 0 saturated carbocycles. The molecule has 0 heterocycles. The second kappa shape index (κ2) is 8.72. The van der Waals surface area contributed by atoms with E-state index in [2.05, 4.69) is 49.6 Å². The van der Waals surface area contributed by atoms with E-state index >= 15 is 0 Å². The van der Waals surface area contributed by atoms with E-state index in [-0.39, 0.29) is 5.23 Å². The van der Waals surface area contributed by atoms with E-state index in [9.17, 15) is 4.48 Å². The van der Waals surface area contributed by atoms with Gasteiger partial charge in [0.1, 0.15) is 0 Å². The third-order valence-corrected chi connectivity index (χ3v) is 4.65. The standard InChI is InChI=1S/C20H29FN4/c1-5-23(6-2)17-11-9-16(10-12-17)19-14-13-18(24(7-3)8-4)15-20(19)25(21)22/h9-15H,5-8,22H2,1-4H3. The number of benzene rings is 2. The molecule has 0 radical (unpaired) electrons. The second-order valence-corrected chi connectivity index (χ2v) is 5.90. The fourth-order valence-corrected chi connectivity index (χ4v) is 3.17. The van der Waals surface area contributed by atoms with Crippen molar-refractivity contribution in [1.82, 2.24) is 0 Å². The number of anilines is 3. The molecule has 25 heavy (non-hydrogen) atoms. The zero-order valence-corrected chi connectivity index (χ0v) is 15.7. The van der Waals surface area contributed by atoms with Gasteiger partial charge in [-0.1, -0.05) is 22.7 Å². The normalized spacial score (nSPS) is 10.6. The van der Waals surface area contributed by atoms with E-state index in [1.165, 1.54) is 5.69 Å². The van der Waals surface area contributed by atoms with Crippen molar-refractivity contribution < 1.29 is 4.48 Å². The van der Waals surface area contributed by atoms with Crippen molar-refractivity contribution in [2.24, 2.45) is 5.84 Å². The Hall–Kier alpha value is -2.27. The zero-order valence-electron chi connectivity index (χ0n) is 15.7. The predicted octanol–water partition coefficient (Wildman–Crippen LogP) is 4.61. The van der Waals surface area contributed by atoms with Crippen LogP contribution >= 0.6 is 0 Å². The molecule has 0 aliphatic heterocycles. The van der Waals surface area contributed by atoms with Gasteiger partial charge in [-0.05, 0) is 57.5 Å². The second-order valence-electron chi connectivity index (χ2n) is 5.90. The average molecular weight is 344 g/mol. The van der Waals surface area contributed by atoms with E-state index in [4.69, 9.17) is 5.84 Å². The van der Waals surface area contributed by atoms with E-state index < -0.39 is 0 Å². The molecule has 2 rings (SSSR count). The number of nitrogens with zero attached hydrogens (tertiary/aromatic N) is 3. The Morgan fingerprint density at radius 2 is 1.24 bits per heavy atom. The van der Waals surface area contributed by atoms with Gasteiger partial charge in [0.2, 0.25) is 0 Å². The van der Waals surface area contributed by atoms with Gasteiger partial charge in [-0.2, -0.15) is 0 Å². The summed E-state index contributed by atoms with van der Waals surface area (Å²) in [6.07, 6.45) is 0. The molecule has 0 aliphatic carbocycles. The Balaban J connectivity index is 2.41. The van der Waals surface area contributed by atoms with Crippen LogP contribution in [0.2, 0.25) is 0 Å². The summed E-state index contributed by atoms with van der Waals surface area (Å²) in [5.41, 5.74) is 4.24. The molecule has 2 aromatic carbocycles. The van der Waals surface area contributed by atoms with Crippen LogP contribution in [0.4, 0.5) is 21.5 Å². The topological polar surface area (TPSA) is 35.7 Å². The molecule has 5 heteroatoms. The summed E-state index contributed by atoms with van der Waals surface area (Å²) in [5.74, 6) is 5.46. The molecule has 0 aliphatic rings. The number of rotatable bonds is 8. The maximum Gasteiger partial charge on any atom is 0.0971 e. The molecule has 136 valence electrons. The van der Waals surface area contributed by atoms with Crippen LogP contribution in [-0.2, 0) is 0 Å². The Kier molecular flexibility index (Phi) is 6.65. The highest BCUT2D eigenvalue weighted by Crippen LogP contribution is 2.34. The van der Waals surface area contributed by atoms with Crippen molar-refractivity contribution >= 4 is 17.1 Å². The van der Waals surface area contributed by atoms with Gasteiger partial charge in [0.05, 0.1) is 5.69 Å². The average Bonchev–Trinajstić information content (AvgIpc) is 2.64. The van der Waals surface area contributed by atoms with Gasteiger partial charge >= 0.3 is 0 Å². The maximum absolute atomic E-state index is 13.9. The molecule has 0 unspecified atom stereocenters. The molecule has 0 atom stereocenters. The number of hydrogen-bond donors (Lipinski definition) is 1. The van der Waals surface area contributed by atoms with Crippen LogP contribution in [0.15, 0.2) is 42.5 Å². The number of halogens is 1. The summed E-state index contributed by atoms with van der Waals surface area (Å²) in [7, 11) is 0. The van der Waals surface area contributed by atoms with Gasteiger partial charge in [-0.15, -0.1) is 5.23 Å². The van der Waals surface area contributed by atoms with Crippen LogP contribution in [-0.4, -0.2) is 26.2 Å². The van der Waals surface area contributed by atoms with E-state index in [0.29, 0.717) is 5.69 Å². The lowest BCUT2D eigenvalue weighted by Crippen LogP contribution is -2.24. The van der Waals surface area contributed by atoms with Gasteiger partial charge in [0, 0.05) is 43.1 Å². The number of hydrazine groups is 1. The summed E-state index contributed by atoms with van der Waals surface area (Å²) in [5, 5.41) is 0.209. The van der Waals surface area contributed by atoms with Crippen molar-refractivity contribution in [3.8, 4) is 11.1 Å². The highest BCUT2D eigenvalue weighted by atomic mass is 19.2. The summed E-state index contributed by atoms with van der Waals surface area (Å²) < 4.78 is 13.9. The largest absolute Gasteiger partial charge is 0.372 e. The van der Waals surface area contributed by atoms with Crippen LogP contribution in [0.5, 0.6) is 0 Å². The van der Waals surface area contributed by atoms with Crippen molar-refractivity contribution in [3.05, 3.63) is 42.5 Å². The van der Waals surface area contributed by atoms with E-state index in [1.54, 1.807) is 6.07 Å². The van der Waals surface area contributed by atoms with E-state index in [0.717, 1.165) is 43.0 Å². The lowest BCUT2D eigenvalue weighted by molar-refractivity contribution is 0.445. The molecule has 2 aromatic rings.